The molecule has 2 unspecified atom stereocenters. The van der Waals surface area contributed by atoms with Gasteiger partial charge in [0.1, 0.15) is 7.11 Å². The van der Waals surface area contributed by atoms with E-state index in [1.54, 1.807) is 0 Å². The summed E-state index contributed by atoms with van der Waals surface area (Å²) in [6.45, 7) is 0. The highest BCUT2D eigenvalue weighted by Gasteiger charge is 2.47. The summed E-state index contributed by atoms with van der Waals surface area (Å²) in [5.74, 6) is 0.450. The molecule has 6 rings (SSSR count). The highest BCUT2D eigenvalue weighted by molar-refractivity contribution is 6.41. The molecule has 2 aliphatic heterocycles. The third kappa shape index (κ3) is 4.13. The van der Waals surface area contributed by atoms with Gasteiger partial charge in [-0.15, -0.1) is 0 Å². The SMILES string of the molecule is CON=C(C(=O)O)c1nc2ccccc2n(C2C[C@H]3CC[C@@H](C2)N3C2C[C@H]3CCCC[C@@H](C2)C3)c1=O. The Balaban J connectivity index is 1.34. The second-order valence-electron chi connectivity index (χ2n) is 11.4. The van der Waals surface area contributed by atoms with E-state index in [4.69, 9.17) is 4.84 Å². The third-order valence-corrected chi connectivity index (χ3v) is 9.31. The molecule has 2 saturated heterocycles. The summed E-state index contributed by atoms with van der Waals surface area (Å²) in [5, 5.41) is 13.3. The molecule has 4 aliphatic rings. The van der Waals surface area contributed by atoms with Crippen molar-refractivity contribution in [2.24, 2.45) is 17.0 Å². The lowest BCUT2D eigenvalue weighted by molar-refractivity contribution is -0.129. The third-order valence-electron chi connectivity index (χ3n) is 9.31. The first kappa shape index (κ1) is 23.6. The van der Waals surface area contributed by atoms with Gasteiger partial charge in [0.15, 0.2) is 5.69 Å². The largest absolute Gasteiger partial charge is 0.476 e. The number of oxime groups is 1. The Morgan fingerprint density at radius 2 is 1.61 bits per heavy atom. The van der Waals surface area contributed by atoms with Gasteiger partial charge in [-0.05, 0) is 68.9 Å². The smallest absolute Gasteiger partial charge is 0.360 e. The number of piperidine rings is 1. The molecule has 1 aromatic carbocycles. The van der Waals surface area contributed by atoms with E-state index < -0.39 is 17.2 Å². The number of aliphatic carboxylic acids is 1. The van der Waals surface area contributed by atoms with E-state index in [0.717, 1.165) is 30.2 Å². The number of hydrogen-bond acceptors (Lipinski definition) is 6. The van der Waals surface area contributed by atoms with Crippen LogP contribution < -0.4 is 5.56 Å². The van der Waals surface area contributed by atoms with Gasteiger partial charge in [0.2, 0.25) is 5.71 Å². The molecule has 0 spiro atoms. The zero-order chi connectivity index (χ0) is 24.8. The van der Waals surface area contributed by atoms with Crippen molar-refractivity contribution in [2.75, 3.05) is 7.11 Å². The Morgan fingerprint density at radius 1 is 0.944 bits per heavy atom. The molecule has 0 amide bonds. The Bertz CT molecular complexity index is 1210. The number of para-hydroxylation sites is 2. The maximum absolute atomic E-state index is 13.8. The van der Waals surface area contributed by atoms with E-state index in [1.807, 2.05) is 28.8 Å². The maximum Gasteiger partial charge on any atom is 0.360 e. The van der Waals surface area contributed by atoms with Crippen LogP contribution in [0.3, 0.4) is 0 Å². The number of benzene rings is 1. The zero-order valence-electron chi connectivity index (χ0n) is 21.0. The minimum atomic E-state index is -1.32. The van der Waals surface area contributed by atoms with E-state index in [0.29, 0.717) is 23.6 Å². The van der Waals surface area contributed by atoms with Gasteiger partial charge < -0.3 is 14.5 Å². The van der Waals surface area contributed by atoms with Crippen LogP contribution in [-0.2, 0) is 9.63 Å². The Morgan fingerprint density at radius 3 is 2.25 bits per heavy atom. The maximum atomic E-state index is 13.8. The van der Waals surface area contributed by atoms with Gasteiger partial charge in [0, 0.05) is 24.2 Å². The fraction of sp³-hybridized carbons (Fsp3) is 0.643. The molecular formula is C28H36N4O4. The van der Waals surface area contributed by atoms with Crippen molar-refractivity contribution in [3.63, 3.8) is 0 Å². The average Bonchev–Trinajstić information content (AvgIpc) is 3.02. The van der Waals surface area contributed by atoms with Gasteiger partial charge in [-0.1, -0.05) is 43.0 Å². The lowest BCUT2D eigenvalue weighted by Gasteiger charge is -2.48. The quantitative estimate of drug-likeness (QED) is 0.492. The molecule has 4 fully saturated rings. The van der Waals surface area contributed by atoms with Crippen LogP contribution in [0.25, 0.3) is 11.0 Å². The second-order valence-corrected chi connectivity index (χ2v) is 11.4. The lowest BCUT2D eigenvalue weighted by atomic mass is 9.76. The van der Waals surface area contributed by atoms with Crippen LogP contribution in [-0.4, -0.2) is 56.5 Å². The van der Waals surface area contributed by atoms with Crippen LogP contribution in [0.5, 0.6) is 0 Å². The van der Waals surface area contributed by atoms with Crippen molar-refractivity contribution in [2.45, 2.75) is 94.8 Å². The summed E-state index contributed by atoms with van der Waals surface area (Å²) in [5.41, 5.74) is 0.355. The van der Waals surface area contributed by atoms with Crippen molar-refractivity contribution in [3.05, 3.63) is 40.3 Å². The summed E-state index contributed by atoms with van der Waals surface area (Å²) >= 11 is 0. The molecule has 4 bridgehead atoms. The van der Waals surface area contributed by atoms with E-state index in [-0.39, 0.29) is 11.7 Å². The highest BCUT2D eigenvalue weighted by Crippen LogP contribution is 2.47. The minimum absolute atomic E-state index is 0.0151. The lowest BCUT2D eigenvalue weighted by Crippen LogP contribution is -2.52. The van der Waals surface area contributed by atoms with Crippen molar-refractivity contribution < 1.29 is 14.7 Å². The highest BCUT2D eigenvalue weighted by atomic mass is 16.6. The molecular weight excluding hydrogens is 456 g/mol. The number of rotatable bonds is 5. The average molecular weight is 493 g/mol. The first-order valence-electron chi connectivity index (χ1n) is 13.7. The molecule has 2 aromatic rings. The van der Waals surface area contributed by atoms with E-state index in [2.05, 4.69) is 15.0 Å². The van der Waals surface area contributed by atoms with Gasteiger partial charge in [0.25, 0.3) is 5.56 Å². The molecule has 0 radical (unpaired) electrons. The summed E-state index contributed by atoms with van der Waals surface area (Å²) in [6, 6.07) is 9.17. The molecule has 8 heteroatoms. The van der Waals surface area contributed by atoms with E-state index in [1.165, 1.54) is 64.9 Å². The van der Waals surface area contributed by atoms with Crippen molar-refractivity contribution in [3.8, 4) is 0 Å². The molecule has 36 heavy (non-hydrogen) atoms. The molecule has 2 aliphatic carbocycles. The number of fused-ring (bicyclic) bond motifs is 5. The molecule has 3 heterocycles. The van der Waals surface area contributed by atoms with Crippen LogP contribution in [0, 0.1) is 11.8 Å². The fourth-order valence-electron chi connectivity index (χ4n) is 8.05. The Kier molecular flexibility index (Phi) is 6.32. The number of aromatic nitrogens is 2. The molecule has 2 saturated carbocycles. The van der Waals surface area contributed by atoms with Gasteiger partial charge in [-0.25, -0.2) is 9.78 Å². The minimum Gasteiger partial charge on any atom is -0.476 e. The number of carboxylic acids is 1. The summed E-state index contributed by atoms with van der Waals surface area (Å²) in [4.78, 5) is 37.7. The number of carboxylic acid groups (broad SMARTS) is 1. The second kappa shape index (κ2) is 9.61. The standard InChI is InChI=1S/C28H36N4O4/c1-36-30-26(28(34)35)25-27(33)32(24-9-5-4-8-23(24)29-25)22-15-19-10-11-20(16-22)31(19)21-13-17-6-2-3-7-18(12-17)14-21/h4-5,8-9,17-22H,2-3,6-7,10-16H2,1H3,(H,34,35)/t17-,18+,19-,20+,21?,22?. The van der Waals surface area contributed by atoms with Gasteiger partial charge in [-0.3, -0.25) is 9.69 Å². The van der Waals surface area contributed by atoms with Gasteiger partial charge in [0.05, 0.1) is 11.0 Å². The van der Waals surface area contributed by atoms with Crippen LogP contribution >= 0.6 is 0 Å². The topological polar surface area (TPSA) is 97.0 Å². The molecule has 6 atom stereocenters. The zero-order valence-corrected chi connectivity index (χ0v) is 21.0. The van der Waals surface area contributed by atoms with Gasteiger partial charge in [-0.2, -0.15) is 0 Å². The monoisotopic (exact) mass is 492 g/mol. The van der Waals surface area contributed by atoms with Crippen molar-refractivity contribution in [1.82, 2.24) is 14.5 Å². The van der Waals surface area contributed by atoms with Crippen LogP contribution in [0.2, 0.25) is 0 Å². The molecule has 192 valence electrons. The van der Waals surface area contributed by atoms with Crippen LogP contribution in [0.4, 0.5) is 0 Å². The van der Waals surface area contributed by atoms with Gasteiger partial charge >= 0.3 is 5.97 Å². The summed E-state index contributed by atoms with van der Waals surface area (Å²) in [7, 11) is 1.28. The van der Waals surface area contributed by atoms with Crippen molar-refractivity contribution >= 4 is 22.7 Å². The molecule has 1 N–H and O–H groups in total. The van der Waals surface area contributed by atoms with Crippen molar-refractivity contribution in [1.29, 1.82) is 0 Å². The number of nitrogens with zero attached hydrogens (tertiary/aromatic N) is 4. The summed E-state index contributed by atoms with van der Waals surface area (Å²) < 4.78 is 1.81. The normalized spacial score (nSPS) is 32.9. The number of carbonyl (C=O) groups is 1. The fourth-order valence-corrected chi connectivity index (χ4v) is 8.05. The predicted octanol–water partition coefficient (Wildman–Crippen LogP) is 4.36. The Hall–Kier alpha value is -2.74. The predicted molar refractivity (Wildman–Crippen MR) is 137 cm³/mol. The first-order chi connectivity index (χ1) is 17.5. The number of hydrogen-bond donors (Lipinski definition) is 1. The van der Waals surface area contributed by atoms with Crippen LogP contribution in [0.1, 0.15) is 82.4 Å². The Labute approximate surface area is 211 Å². The van der Waals surface area contributed by atoms with E-state index >= 15 is 0 Å². The van der Waals surface area contributed by atoms with E-state index in [9.17, 15) is 14.7 Å². The molecule has 8 nitrogen and oxygen atoms in total. The summed E-state index contributed by atoms with van der Waals surface area (Å²) in [6.07, 6.45) is 13.9. The van der Waals surface area contributed by atoms with Crippen LogP contribution in [0.15, 0.2) is 34.2 Å². The molecule has 1 aromatic heterocycles. The first-order valence-corrected chi connectivity index (χ1v) is 13.7.